The van der Waals surface area contributed by atoms with Crippen LogP contribution in [0.1, 0.15) is 23.0 Å². The number of H-pyrrole nitrogens is 1. The second-order valence-corrected chi connectivity index (χ2v) is 7.68. The third-order valence-corrected chi connectivity index (χ3v) is 5.43. The summed E-state index contributed by atoms with van der Waals surface area (Å²) in [6, 6.07) is 8.69. The number of methoxy groups -OCH3 is 1. The zero-order chi connectivity index (χ0) is 25.2. The molecule has 184 valence electrons. The summed E-state index contributed by atoms with van der Waals surface area (Å²) in [6.45, 7) is 0.416. The minimum absolute atomic E-state index is 0.0507. The number of aromatic amines is 1. The number of nitrogens with one attached hydrogen (secondary N) is 3. The summed E-state index contributed by atoms with van der Waals surface area (Å²) < 4.78 is 33.3. The fraction of sp³-hybridized carbons (Fsp3) is 0.174. The molecule has 0 aliphatic carbocycles. The van der Waals surface area contributed by atoms with Gasteiger partial charge < -0.3 is 25.3 Å². The topological polar surface area (TPSA) is 166 Å². The first-order valence-corrected chi connectivity index (χ1v) is 10.8. The average molecular weight is 492 g/mol. The van der Waals surface area contributed by atoms with Crippen molar-refractivity contribution in [3.63, 3.8) is 0 Å². The van der Waals surface area contributed by atoms with Crippen LogP contribution in [-0.4, -0.2) is 50.9 Å². The number of ether oxygens (including phenoxy) is 3. The standard InChI is InChI=1S/C23H21FN8O4/c1-34-15-11-14(16(24)19-18(15)35-9-10-36-19)17(29-13-5-3-12(4-6-13)20(25)26)21-30-23(33)32(31-21)22-27-7-2-8-28-22/h2-8,11,17,29H,9-10H2,1H3,(H3,25,26)(H,30,31,33)/t17-/m0/s1. The SMILES string of the molecule is COc1cc([C@H](Nc2ccc(C(=N)N)cc2)c2nn(-c3ncccn3)c(=O)[nH]2)c(F)c2c1OCCO2. The number of fused-ring (bicyclic) bond motifs is 1. The molecule has 3 heterocycles. The first-order valence-electron chi connectivity index (χ1n) is 10.8. The van der Waals surface area contributed by atoms with E-state index in [1.54, 1.807) is 30.3 Å². The van der Waals surface area contributed by atoms with Gasteiger partial charge in [-0.2, -0.15) is 0 Å². The van der Waals surface area contributed by atoms with Gasteiger partial charge in [0.25, 0.3) is 5.95 Å². The molecule has 0 bridgehead atoms. The van der Waals surface area contributed by atoms with Gasteiger partial charge in [0.2, 0.25) is 11.5 Å². The van der Waals surface area contributed by atoms with E-state index < -0.39 is 17.5 Å². The second kappa shape index (κ2) is 9.37. The molecule has 4 aromatic rings. The first kappa shape index (κ1) is 22.8. The summed E-state index contributed by atoms with van der Waals surface area (Å²) >= 11 is 0. The Labute approximate surface area is 203 Å². The number of rotatable bonds is 7. The van der Waals surface area contributed by atoms with Crippen LogP contribution in [0.3, 0.4) is 0 Å². The number of anilines is 1. The Bertz CT molecular complexity index is 1470. The number of hydrogen-bond donors (Lipinski definition) is 4. The number of halogens is 1. The highest BCUT2D eigenvalue weighted by Crippen LogP contribution is 2.45. The van der Waals surface area contributed by atoms with Crippen molar-refractivity contribution in [1.29, 1.82) is 5.41 Å². The van der Waals surface area contributed by atoms with E-state index in [0.29, 0.717) is 11.3 Å². The molecule has 1 aliphatic rings. The maximum atomic E-state index is 15.8. The highest BCUT2D eigenvalue weighted by atomic mass is 19.1. The summed E-state index contributed by atoms with van der Waals surface area (Å²) in [4.78, 5) is 23.5. The van der Waals surface area contributed by atoms with Gasteiger partial charge in [-0.3, -0.25) is 10.4 Å². The van der Waals surface area contributed by atoms with Crippen molar-refractivity contribution in [2.75, 3.05) is 25.6 Å². The molecule has 12 nitrogen and oxygen atoms in total. The van der Waals surface area contributed by atoms with E-state index >= 15 is 4.39 Å². The number of aromatic nitrogens is 5. The Kier molecular flexibility index (Phi) is 5.94. The van der Waals surface area contributed by atoms with Gasteiger partial charge in [-0.25, -0.2) is 19.2 Å². The molecule has 0 fully saturated rings. The molecular weight excluding hydrogens is 471 g/mol. The molecule has 0 radical (unpaired) electrons. The molecule has 0 saturated heterocycles. The van der Waals surface area contributed by atoms with Crippen molar-refractivity contribution in [3.8, 4) is 23.2 Å². The van der Waals surface area contributed by atoms with Crippen LogP contribution in [0, 0.1) is 11.2 Å². The molecule has 13 heteroatoms. The fourth-order valence-electron chi connectivity index (χ4n) is 3.74. The summed E-state index contributed by atoms with van der Waals surface area (Å²) in [7, 11) is 1.43. The van der Waals surface area contributed by atoms with Crippen LogP contribution in [0.15, 0.2) is 53.6 Å². The Morgan fingerprint density at radius 1 is 1.22 bits per heavy atom. The fourth-order valence-corrected chi connectivity index (χ4v) is 3.74. The van der Waals surface area contributed by atoms with Gasteiger partial charge in [0.15, 0.2) is 17.4 Å². The minimum atomic E-state index is -1.00. The molecule has 0 spiro atoms. The number of nitrogens with zero attached hydrogens (tertiary/aromatic N) is 4. The van der Waals surface area contributed by atoms with E-state index in [2.05, 4.69) is 25.4 Å². The maximum absolute atomic E-state index is 15.8. The molecule has 5 N–H and O–H groups in total. The van der Waals surface area contributed by atoms with Crippen molar-refractivity contribution >= 4 is 11.5 Å². The molecule has 0 unspecified atom stereocenters. The van der Waals surface area contributed by atoms with Gasteiger partial charge >= 0.3 is 5.69 Å². The van der Waals surface area contributed by atoms with Gasteiger partial charge in [-0.05, 0) is 36.4 Å². The number of nitrogens with two attached hydrogens (primary N) is 1. The van der Waals surface area contributed by atoms with Gasteiger partial charge in [-0.1, -0.05) is 0 Å². The van der Waals surface area contributed by atoms with Crippen molar-refractivity contribution < 1.29 is 18.6 Å². The van der Waals surface area contributed by atoms with E-state index in [1.807, 2.05) is 0 Å². The van der Waals surface area contributed by atoms with Crippen LogP contribution in [0.4, 0.5) is 10.1 Å². The summed E-state index contributed by atoms with van der Waals surface area (Å²) in [5.41, 5.74) is 6.08. The third-order valence-electron chi connectivity index (χ3n) is 5.43. The predicted molar refractivity (Wildman–Crippen MR) is 127 cm³/mol. The molecule has 0 amide bonds. The van der Waals surface area contributed by atoms with Crippen LogP contribution < -0.4 is 31.0 Å². The predicted octanol–water partition coefficient (Wildman–Crippen LogP) is 1.76. The summed E-state index contributed by atoms with van der Waals surface area (Å²) in [6.07, 6.45) is 2.95. The van der Waals surface area contributed by atoms with E-state index in [4.69, 9.17) is 25.4 Å². The zero-order valence-corrected chi connectivity index (χ0v) is 19.0. The van der Waals surface area contributed by atoms with Crippen molar-refractivity contribution in [2.24, 2.45) is 5.73 Å². The summed E-state index contributed by atoms with van der Waals surface area (Å²) in [5, 5.41) is 15.1. The Balaban J connectivity index is 1.64. The van der Waals surface area contributed by atoms with E-state index in [0.717, 1.165) is 4.68 Å². The molecule has 36 heavy (non-hydrogen) atoms. The lowest BCUT2D eigenvalue weighted by molar-refractivity contribution is 0.157. The lowest BCUT2D eigenvalue weighted by Gasteiger charge is -2.25. The molecule has 5 rings (SSSR count). The van der Waals surface area contributed by atoms with E-state index in [1.165, 1.54) is 25.6 Å². The van der Waals surface area contributed by atoms with Crippen LogP contribution in [0.25, 0.3) is 5.95 Å². The van der Waals surface area contributed by atoms with Gasteiger partial charge in [0.05, 0.1) is 7.11 Å². The van der Waals surface area contributed by atoms with E-state index in [-0.39, 0.29) is 53.6 Å². The monoisotopic (exact) mass is 492 g/mol. The third kappa shape index (κ3) is 4.17. The molecule has 2 aromatic carbocycles. The maximum Gasteiger partial charge on any atom is 0.350 e. The number of benzene rings is 2. The van der Waals surface area contributed by atoms with Crippen LogP contribution >= 0.6 is 0 Å². The summed E-state index contributed by atoms with van der Waals surface area (Å²) in [5.74, 6) is -0.335. The number of nitrogen functional groups attached to an aromatic ring is 1. The first-order chi connectivity index (χ1) is 17.5. The highest BCUT2D eigenvalue weighted by Gasteiger charge is 2.31. The average Bonchev–Trinajstić information content (AvgIpc) is 3.30. The Morgan fingerprint density at radius 3 is 2.58 bits per heavy atom. The van der Waals surface area contributed by atoms with Crippen molar-refractivity contribution in [2.45, 2.75) is 6.04 Å². The molecule has 0 saturated carbocycles. The second-order valence-electron chi connectivity index (χ2n) is 7.68. The Hall–Kier alpha value is -4.94. The smallest absolute Gasteiger partial charge is 0.350 e. The zero-order valence-electron chi connectivity index (χ0n) is 19.0. The van der Waals surface area contributed by atoms with Crippen LogP contribution in [0.2, 0.25) is 0 Å². The highest BCUT2D eigenvalue weighted by molar-refractivity contribution is 5.95. The molecule has 1 aliphatic heterocycles. The van der Waals surface area contributed by atoms with Crippen LogP contribution in [-0.2, 0) is 0 Å². The largest absolute Gasteiger partial charge is 0.493 e. The van der Waals surface area contributed by atoms with Gasteiger partial charge in [0.1, 0.15) is 25.1 Å². The number of amidine groups is 1. The molecule has 2 aromatic heterocycles. The molecular formula is C23H21FN8O4. The van der Waals surface area contributed by atoms with Crippen molar-refractivity contribution in [3.05, 3.63) is 82.0 Å². The quantitative estimate of drug-likeness (QED) is 0.222. The number of hydrogen-bond acceptors (Lipinski definition) is 9. The van der Waals surface area contributed by atoms with E-state index in [9.17, 15) is 4.79 Å². The van der Waals surface area contributed by atoms with Crippen LogP contribution in [0.5, 0.6) is 17.2 Å². The van der Waals surface area contributed by atoms with Crippen molar-refractivity contribution in [1.82, 2.24) is 24.7 Å². The molecule has 1 atom stereocenters. The lowest BCUT2D eigenvalue weighted by Crippen LogP contribution is -2.21. The Morgan fingerprint density at radius 2 is 1.92 bits per heavy atom. The van der Waals surface area contributed by atoms with Gasteiger partial charge in [0, 0.05) is 29.2 Å². The normalized spacial score (nSPS) is 13.2. The van der Waals surface area contributed by atoms with Gasteiger partial charge in [-0.15, -0.1) is 9.78 Å². The minimum Gasteiger partial charge on any atom is -0.493 e. The lowest BCUT2D eigenvalue weighted by atomic mass is 10.0.